The Morgan fingerprint density at radius 2 is 0.549 bits per heavy atom. The fourth-order valence-corrected chi connectivity index (χ4v) is 9.81. The van der Waals surface area contributed by atoms with Crippen molar-refractivity contribution < 1.29 is 30.7 Å². The summed E-state index contributed by atoms with van der Waals surface area (Å²) in [6.45, 7) is 36.1. The molecule has 0 bridgehead atoms. The highest BCUT2D eigenvalue weighted by atomic mass is 19.2. The third-order valence-electron chi connectivity index (χ3n) is 15.2. The van der Waals surface area contributed by atoms with Crippen LogP contribution < -0.4 is 0 Å². The van der Waals surface area contributed by atoms with Crippen molar-refractivity contribution in [1.29, 1.82) is 73.7 Å². The molecule has 0 atom stereocenters. The van der Waals surface area contributed by atoms with E-state index in [4.69, 9.17) is 63.1 Å². The van der Waals surface area contributed by atoms with Crippen LogP contribution in [-0.2, 0) is 21.7 Å². The first kappa shape index (κ1) is 86.9. The minimum absolute atomic E-state index is 0.00326. The quantitative estimate of drug-likeness (QED) is 0.138. The molecule has 0 unspecified atom stereocenters. The highest BCUT2D eigenvalue weighted by Crippen LogP contribution is 2.37. The molecule has 14 nitrogen and oxygen atoms in total. The number of rotatable bonds is 1. The van der Waals surface area contributed by atoms with E-state index in [-0.39, 0.29) is 55.7 Å². The number of aryl methyl sites for hydroxylation is 3. The van der Waals surface area contributed by atoms with Gasteiger partial charge >= 0.3 is 0 Å². The van der Waals surface area contributed by atoms with Crippen LogP contribution in [0, 0.1) is 241 Å². The zero-order valence-electron chi connectivity index (χ0n) is 60.3. The molecule has 7 aromatic rings. The van der Waals surface area contributed by atoms with E-state index in [0.29, 0.717) is 100 Å². The van der Waals surface area contributed by atoms with Crippen molar-refractivity contribution in [2.75, 3.05) is 0 Å². The van der Waals surface area contributed by atoms with Crippen molar-refractivity contribution in [1.82, 2.24) is 0 Å². The highest BCUT2D eigenvalue weighted by molar-refractivity contribution is 5.58. The number of halogens is 7. The lowest BCUT2D eigenvalue weighted by molar-refractivity contribution is 0.510. The van der Waals surface area contributed by atoms with E-state index < -0.39 is 51.6 Å². The Labute approximate surface area is 593 Å². The summed E-state index contributed by atoms with van der Waals surface area (Å²) in [6, 6.07) is 39.1. The Morgan fingerprint density at radius 1 is 0.255 bits per heavy atom. The fourth-order valence-electron chi connectivity index (χ4n) is 9.81. The molecule has 0 N–H and O–H groups in total. The first-order valence-electron chi connectivity index (χ1n) is 30.7. The van der Waals surface area contributed by atoms with Crippen LogP contribution in [-0.4, -0.2) is 0 Å². The molecule has 0 aliphatic carbocycles. The maximum Gasteiger partial charge on any atom is 0.145 e. The first-order chi connectivity index (χ1) is 47.3. The first-order valence-corrected chi connectivity index (χ1v) is 30.7. The molecule has 0 heterocycles. The minimum atomic E-state index is -0.575. The Bertz CT molecular complexity index is 4850. The average Bonchev–Trinajstić information content (AvgIpc) is 0.768. The van der Waals surface area contributed by atoms with Crippen molar-refractivity contribution in [3.05, 3.63) is 240 Å². The molecule has 0 saturated carbocycles. The van der Waals surface area contributed by atoms with E-state index in [1.54, 1.807) is 84.0 Å². The molecule has 21 heteroatoms. The van der Waals surface area contributed by atoms with Gasteiger partial charge in [-0.05, 0) is 191 Å². The molecular weight excluding hydrogens is 1300 g/mol. The van der Waals surface area contributed by atoms with E-state index in [0.717, 1.165) is 0 Å². The lowest BCUT2D eigenvalue weighted by Gasteiger charge is -2.27. The normalized spacial score (nSPS) is 10.1. The van der Waals surface area contributed by atoms with Gasteiger partial charge in [-0.15, -0.1) is 0 Å². The molecule has 102 heavy (non-hydrogen) atoms. The van der Waals surface area contributed by atoms with Crippen LogP contribution in [0.15, 0.2) is 60.7 Å². The summed E-state index contributed by atoms with van der Waals surface area (Å²) >= 11 is 0. The number of nitrogens with zero attached hydrogens (tertiary/aromatic N) is 14. The molecule has 0 saturated heterocycles. The van der Waals surface area contributed by atoms with Crippen LogP contribution in [0.1, 0.15) is 242 Å². The van der Waals surface area contributed by atoms with Gasteiger partial charge in [-0.1, -0.05) is 96.9 Å². The predicted molar refractivity (Wildman–Crippen MR) is 368 cm³/mol. The van der Waals surface area contributed by atoms with Gasteiger partial charge in [0.25, 0.3) is 0 Å². The molecular formula is C81H71F7N14. The summed E-state index contributed by atoms with van der Waals surface area (Å²) in [7, 11) is 0. The van der Waals surface area contributed by atoms with Crippen molar-refractivity contribution in [3.8, 4) is 85.0 Å². The number of hydrogen-bond donors (Lipinski definition) is 0. The van der Waals surface area contributed by atoms with Crippen LogP contribution in [0.5, 0.6) is 0 Å². The maximum absolute atomic E-state index is 14.5. The van der Waals surface area contributed by atoms with E-state index in [1.807, 2.05) is 133 Å². The summed E-state index contributed by atoms with van der Waals surface area (Å²) in [4.78, 5) is 0. The largest absolute Gasteiger partial charge is 0.206 e. The standard InChI is InChI=1S/C16H19FN2.C13H13FN2.C12H11FN2.C11H9FN2.2C10H7FN2.C9H5FN2/c1-15(2,3)12-7-10(8-18)13(16(4,5)6)11(9-19)14(12)17;1-8-9(6-15)11(13(2,3)4)5-12(14)10(8)7-16;1-12(2,3)10-5-11(13)9(7-15)4-8(10)6-14;1-7(2)10-4-11(12)9(6-14)3-8(10)5-13;2*1-6-3-10(11)9(5-13)7(2)8(6)4-12;1-6-2-9(10)8(5-12)3-7(6)4-11/h7H,1-6H3;5H,1-4H3;4-5H,1-3H3;3-4,7H,1-2H3;2*3H,1-2H3;2-3H,1H3. The molecule has 0 amide bonds. The van der Waals surface area contributed by atoms with Gasteiger partial charge < -0.3 is 0 Å². The van der Waals surface area contributed by atoms with Gasteiger partial charge in [0.1, 0.15) is 83.2 Å². The minimum Gasteiger partial charge on any atom is -0.206 e. The molecule has 0 aliphatic heterocycles. The van der Waals surface area contributed by atoms with Gasteiger partial charge in [0.2, 0.25) is 0 Å². The monoisotopic (exact) mass is 1370 g/mol. The lowest BCUT2D eigenvalue weighted by atomic mass is 9.76. The van der Waals surface area contributed by atoms with Crippen LogP contribution in [0.4, 0.5) is 30.7 Å². The van der Waals surface area contributed by atoms with Gasteiger partial charge in [-0.25, -0.2) is 30.7 Å². The van der Waals surface area contributed by atoms with Gasteiger partial charge in [0.15, 0.2) is 0 Å². The molecule has 0 spiro atoms. The molecule has 0 fully saturated rings. The predicted octanol–water partition coefficient (Wildman–Crippen LogP) is 19.1. The van der Waals surface area contributed by atoms with E-state index in [1.165, 1.54) is 54.6 Å². The fraction of sp³-hybridized carbons (Fsp3) is 0.309. The zero-order valence-corrected chi connectivity index (χ0v) is 60.3. The van der Waals surface area contributed by atoms with Crippen LogP contribution >= 0.6 is 0 Å². The zero-order chi connectivity index (χ0) is 79.0. The number of hydrogen-bond acceptors (Lipinski definition) is 14. The lowest BCUT2D eigenvalue weighted by Crippen LogP contribution is -2.21. The highest BCUT2D eigenvalue weighted by Gasteiger charge is 2.31. The summed E-state index contributed by atoms with van der Waals surface area (Å²) in [5, 5.41) is 123. The number of nitriles is 14. The second-order valence-electron chi connectivity index (χ2n) is 27.1. The van der Waals surface area contributed by atoms with Crippen LogP contribution in [0.25, 0.3) is 0 Å². The summed E-state index contributed by atoms with van der Waals surface area (Å²) in [5.74, 6) is -3.80. The van der Waals surface area contributed by atoms with Crippen molar-refractivity contribution in [3.63, 3.8) is 0 Å². The van der Waals surface area contributed by atoms with E-state index in [9.17, 15) is 41.3 Å². The summed E-state index contributed by atoms with van der Waals surface area (Å²) in [6.07, 6.45) is 0. The van der Waals surface area contributed by atoms with E-state index in [2.05, 4.69) is 12.1 Å². The molecule has 0 radical (unpaired) electrons. The summed E-state index contributed by atoms with van der Waals surface area (Å²) < 4.78 is 93.8. The van der Waals surface area contributed by atoms with Gasteiger partial charge in [-0.3, -0.25) is 0 Å². The van der Waals surface area contributed by atoms with E-state index >= 15 is 0 Å². The van der Waals surface area contributed by atoms with Crippen molar-refractivity contribution in [2.45, 2.75) is 166 Å². The van der Waals surface area contributed by atoms with Crippen molar-refractivity contribution >= 4 is 0 Å². The van der Waals surface area contributed by atoms with Crippen LogP contribution in [0.2, 0.25) is 0 Å². The SMILES string of the molecule is CC(C)(C)c1cc(C#N)c(C(C)(C)C)c(C#N)c1F.CC(C)(C)c1cc(F)c(C#N)cc1C#N.CC(C)c1cc(F)c(C#N)cc1C#N.Cc1c(C#N)c(F)cc(C(C)(C)C)c1C#N.Cc1cc(F)c(C#N)c(C)c1C#N.Cc1cc(F)c(C#N)c(C)c1C#N.Cc1cc(F)c(C#N)cc1C#N. The Hall–Kier alpha value is -13.1. The molecule has 0 aromatic heterocycles. The smallest absolute Gasteiger partial charge is 0.145 e. The third-order valence-corrected chi connectivity index (χ3v) is 15.2. The Kier molecular flexibility index (Phi) is 31.6. The van der Waals surface area contributed by atoms with Gasteiger partial charge in [0, 0.05) is 0 Å². The average molecular weight is 1370 g/mol. The third kappa shape index (κ3) is 22.0. The molecule has 514 valence electrons. The maximum atomic E-state index is 14.5. The topological polar surface area (TPSA) is 333 Å². The van der Waals surface area contributed by atoms with Gasteiger partial charge in [-0.2, -0.15) is 73.7 Å². The molecule has 7 rings (SSSR count). The van der Waals surface area contributed by atoms with Crippen LogP contribution in [0.3, 0.4) is 0 Å². The van der Waals surface area contributed by atoms with Gasteiger partial charge in [0.05, 0.1) is 120 Å². The second-order valence-corrected chi connectivity index (χ2v) is 27.1. The second kappa shape index (κ2) is 37.0. The number of benzene rings is 7. The summed E-state index contributed by atoms with van der Waals surface area (Å²) in [5.41, 5.74) is 6.51. The Balaban J connectivity index is 0.000000598. The molecule has 7 aromatic carbocycles. The molecule has 0 aliphatic rings. The Morgan fingerprint density at radius 3 is 0.873 bits per heavy atom. The van der Waals surface area contributed by atoms with Crippen molar-refractivity contribution in [2.24, 2.45) is 0 Å².